The number of nitrogens with one attached hydrogen (secondary N) is 1. The molecule has 9 nitrogen and oxygen atoms in total. The largest absolute Gasteiger partial charge is 0.489 e. The molecule has 1 aromatic heterocycles. The number of rotatable bonds is 11. The van der Waals surface area contributed by atoms with E-state index in [1.54, 1.807) is 24.3 Å². The first-order valence-electron chi connectivity index (χ1n) is 14.6. The number of hydrogen-bond donors (Lipinski definition) is 2. The van der Waals surface area contributed by atoms with Crippen LogP contribution in [0.1, 0.15) is 34.8 Å². The second-order valence-corrected chi connectivity index (χ2v) is 11.1. The van der Waals surface area contributed by atoms with Gasteiger partial charge in [-0.2, -0.15) is 13.2 Å². The molecule has 47 heavy (non-hydrogen) atoms. The fourth-order valence-corrected chi connectivity index (χ4v) is 5.20. The zero-order chi connectivity index (χ0) is 33.7. The Kier molecular flexibility index (Phi) is 10.1. The van der Waals surface area contributed by atoms with Crippen molar-refractivity contribution in [3.8, 4) is 5.75 Å². The molecular weight excluding hydrogens is 630 g/mol. The Morgan fingerprint density at radius 3 is 2.30 bits per heavy atom. The number of ether oxygens (including phenoxy) is 1. The van der Waals surface area contributed by atoms with Gasteiger partial charge < -0.3 is 25.3 Å². The smallest absolute Gasteiger partial charge is 0.451 e. The quantitative estimate of drug-likeness (QED) is 0.183. The van der Waals surface area contributed by atoms with Crippen LogP contribution in [0, 0.1) is 17.5 Å². The Balaban J connectivity index is 1.24. The third-order valence-corrected chi connectivity index (χ3v) is 7.65. The molecule has 0 fully saturated rings. The van der Waals surface area contributed by atoms with Crippen LogP contribution in [0.4, 0.5) is 26.3 Å². The first kappa shape index (κ1) is 33.4. The minimum atomic E-state index is -4.72. The van der Waals surface area contributed by atoms with Crippen molar-refractivity contribution in [1.29, 1.82) is 0 Å². The maximum absolute atomic E-state index is 14.6. The molecule has 1 aliphatic rings. The van der Waals surface area contributed by atoms with Crippen LogP contribution >= 0.6 is 0 Å². The third kappa shape index (κ3) is 8.47. The summed E-state index contributed by atoms with van der Waals surface area (Å²) in [6, 6.07) is 15.3. The van der Waals surface area contributed by atoms with Crippen molar-refractivity contribution in [3.05, 3.63) is 113 Å². The highest BCUT2D eigenvalue weighted by Crippen LogP contribution is 2.29. The lowest BCUT2D eigenvalue weighted by atomic mass is 10.00. The summed E-state index contributed by atoms with van der Waals surface area (Å²) in [6.45, 7) is -0.254. The van der Waals surface area contributed by atoms with E-state index in [4.69, 9.17) is 10.5 Å². The normalized spacial score (nSPS) is 14.3. The van der Waals surface area contributed by atoms with Crippen LogP contribution in [0.5, 0.6) is 5.75 Å². The van der Waals surface area contributed by atoms with E-state index in [0.717, 1.165) is 10.1 Å². The van der Waals surface area contributed by atoms with Crippen LogP contribution in [-0.4, -0.2) is 50.1 Å². The van der Waals surface area contributed by atoms with Crippen LogP contribution in [0.15, 0.2) is 66.7 Å². The van der Waals surface area contributed by atoms with E-state index >= 15 is 0 Å². The van der Waals surface area contributed by atoms with Crippen LogP contribution in [0.25, 0.3) is 0 Å². The summed E-state index contributed by atoms with van der Waals surface area (Å²) in [7, 11) is 0. The molecule has 0 saturated heterocycles. The number of amides is 2. The van der Waals surface area contributed by atoms with Crippen molar-refractivity contribution in [1.82, 2.24) is 25.0 Å². The molecule has 0 bridgehead atoms. The first-order chi connectivity index (χ1) is 22.4. The van der Waals surface area contributed by atoms with Gasteiger partial charge in [-0.3, -0.25) is 9.59 Å². The van der Waals surface area contributed by atoms with Crippen LogP contribution in [-0.2, 0) is 48.3 Å². The van der Waals surface area contributed by atoms with Gasteiger partial charge >= 0.3 is 6.18 Å². The number of hydrogen-bond acceptors (Lipinski definition) is 6. The fourth-order valence-electron chi connectivity index (χ4n) is 5.20. The molecule has 3 aromatic carbocycles. The molecule has 248 valence electrons. The number of nitrogens with two attached hydrogens (primary N) is 1. The zero-order valence-electron chi connectivity index (χ0n) is 24.8. The van der Waals surface area contributed by atoms with Gasteiger partial charge in [0.25, 0.3) is 0 Å². The Labute approximate surface area is 265 Å². The van der Waals surface area contributed by atoms with Gasteiger partial charge in [-0.15, -0.1) is 10.2 Å². The Morgan fingerprint density at radius 2 is 1.60 bits per heavy atom. The molecule has 4 aromatic rings. The average molecular weight is 661 g/mol. The van der Waals surface area contributed by atoms with Gasteiger partial charge in [0.2, 0.25) is 17.6 Å². The van der Waals surface area contributed by atoms with Crippen molar-refractivity contribution in [2.75, 3.05) is 6.54 Å². The molecule has 2 heterocycles. The van der Waals surface area contributed by atoms with Crippen molar-refractivity contribution < 1.29 is 40.7 Å². The zero-order valence-corrected chi connectivity index (χ0v) is 24.8. The number of fused-ring (bicyclic) bond motifs is 1. The highest BCUT2D eigenvalue weighted by molar-refractivity contribution is 5.83. The standard InChI is InChI=1S/C32H30F6N6O3/c33-24-16-26(35)25(34)14-21(24)13-22(15-29(45)43-10-11-44-28(17-43)41-42-31(44)32(36,37)38)40-30(46)27(39)12-19-6-8-23(9-7-19)47-18-20-4-2-1-3-5-20/h1-9,14,16,22,27H,10-13,15,17-18,39H2,(H,40,46). The molecule has 5 rings (SSSR count). The van der Waals surface area contributed by atoms with Crippen LogP contribution < -0.4 is 15.8 Å². The molecule has 0 saturated carbocycles. The predicted molar refractivity (Wildman–Crippen MR) is 156 cm³/mol. The second-order valence-electron chi connectivity index (χ2n) is 11.1. The Hall–Kier alpha value is -4.92. The highest BCUT2D eigenvalue weighted by Gasteiger charge is 2.40. The van der Waals surface area contributed by atoms with E-state index in [1.165, 1.54) is 4.90 Å². The van der Waals surface area contributed by atoms with E-state index in [9.17, 15) is 35.9 Å². The lowest BCUT2D eigenvalue weighted by Crippen LogP contribution is -2.49. The first-order valence-corrected chi connectivity index (χ1v) is 14.6. The van der Waals surface area contributed by atoms with E-state index in [-0.39, 0.29) is 37.4 Å². The number of aromatic nitrogens is 3. The number of benzene rings is 3. The summed E-state index contributed by atoms with van der Waals surface area (Å²) in [6.07, 6.45) is -5.47. The molecular formula is C32H30F6N6O3. The van der Waals surface area contributed by atoms with Crippen molar-refractivity contribution in [2.45, 2.75) is 57.2 Å². The van der Waals surface area contributed by atoms with Gasteiger partial charge in [0.1, 0.15) is 18.2 Å². The molecule has 15 heteroatoms. The lowest BCUT2D eigenvalue weighted by Gasteiger charge is -2.30. The average Bonchev–Trinajstić information content (AvgIpc) is 3.48. The number of halogens is 6. The molecule has 3 N–H and O–H groups in total. The van der Waals surface area contributed by atoms with E-state index in [0.29, 0.717) is 30.1 Å². The minimum absolute atomic E-state index is 0.0809. The summed E-state index contributed by atoms with van der Waals surface area (Å²) in [5.74, 6) is -5.75. The van der Waals surface area contributed by atoms with Gasteiger partial charge in [-0.25, -0.2) is 13.2 Å². The predicted octanol–water partition coefficient (Wildman–Crippen LogP) is 4.32. The number of alkyl halides is 3. The minimum Gasteiger partial charge on any atom is -0.489 e. The number of nitrogens with zero attached hydrogens (tertiary/aromatic N) is 4. The van der Waals surface area contributed by atoms with Crippen LogP contribution in [0.2, 0.25) is 0 Å². The maximum Gasteiger partial charge on any atom is 0.451 e. The summed E-state index contributed by atoms with van der Waals surface area (Å²) < 4.78 is 88.4. The fraction of sp³-hybridized carbons (Fsp3) is 0.312. The summed E-state index contributed by atoms with van der Waals surface area (Å²) in [5.41, 5.74) is 7.57. The molecule has 2 amide bonds. The topological polar surface area (TPSA) is 115 Å². The monoisotopic (exact) mass is 660 g/mol. The summed E-state index contributed by atoms with van der Waals surface area (Å²) in [4.78, 5) is 27.6. The van der Waals surface area contributed by atoms with E-state index < -0.39 is 66.2 Å². The van der Waals surface area contributed by atoms with Crippen molar-refractivity contribution in [3.63, 3.8) is 0 Å². The van der Waals surface area contributed by atoms with Crippen LogP contribution in [0.3, 0.4) is 0 Å². The lowest BCUT2D eigenvalue weighted by molar-refractivity contribution is -0.148. The third-order valence-electron chi connectivity index (χ3n) is 7.65. The van der Waals surface area contributed by atoms with Gasteiger partial charge in [0.15, 0.2) is 17.5 Å². The second kappa shape index (κ2) is 14.2. The van der Waals surface area contributed by atoms with Crippen molar-refractivity contribution in [2.24, 2.45) is 5.73 Å². The van der Waals surface area contributed by atoms with E-state index in [1.807, 2.05) is 30.3 Å². The Morgan fingerprint density at radius 1 is 0.894 bits per heavy atom. The summed E-state index contributed by atoms with van der Waals surface area (Å²) in [5, 5.41) is 9.35. The maximum atomic E-state index is 14.6. The molecule has 1 aliphatic heterocycles. The summed E-state index contributed by atoms with van der Waals surface area (Å²) >= 11 is 0. The van der Waals surface area contributed by atoms with E-state index in [2.05, 4.69) is 15.5 Å². The molecule has 0 aliphatic carbocycles. The number of carbonyl (C=O) groups is 2. The molecule has 0 spiro atoms. The molecule has 2 atom stereocenters. The molecule has 0 radical (unpaired) electrons. The molecule has 2 unspecified atom stereocenters. The van der Waals surface area contributed by atoms with Crippen molar-refractivity contribution >= 4 is 11.8 Å². The van der Waals surface area contributed by atoms with Gasteiger partial charge in [-0.1, -0.05) is 42.5 Å². The van der Waals surface area contributed by atoms with Gasteiger partial charge in [0, 0.05) is 31.6 Å². The Bertz CT molecular complexity index is 1710. The van der Waals surface area contributed by atoms with Gasteiger partial charge in [-0.05, 0) is 47.7 Å². The SMILES string of the molecule is NC(Cc1ccc(OCc2ccccc2)cc1)C(=O)NC(CC(=O)N1CCn2c(nnc2C(F)(F)F)C1)Cc1cc(F)c(F)cc1F. The highest BCUT2D eigenvalue weighted by atomic mass is 19.4. The van der Waals surface area contributed by atoms with Gasteiger partial charge in [0.05, 0.1) is 12.6 Å². The number of carbonyl (C=O) groups excluding carboxylic acids is 2.